The van der Waals surface area contributed by atoms with Gasteiger partial charge < -0.3 is 18.6 Å². The van der Waals surface area contributed by atoms with Crippen molar-refractivity contribution in [3.8, 4) is 5.75 Å². The molecule has 0 bridgehead atoms. The van der Waals surface area contributed by atoms with Gasteiger partial charge in [-0.3, -0.25) is 9.59 Å². The minimum absolute atomic E-state index is 0.0416. The van der Waals surface area contributed by atoms with Crippen molar-refractivity contribution in [3.05, 3.63) is 36.1 Å². The van der Waals surface area contributed by atoms with Crippen LogP contribution in [0.15, 0.2) is 41.0 Å². The number of rotatable bonds is 6. The summed E-state index contributed by atoms with van der Waals surface area (Å²) < 4.78 is 22.6. The van der Waals surface area contributed by atoms with E-state index in [1.807, 2.05) is 37.3 Å². The number of carbonyl (C=O) groups is 2. The van der Waals surface area contributed by atoms with Crippen molar-refractivity contribution >= 4 is 32.0 Å². The molecule has 0 radical (unpaired) electrons. The molecule has 1 aromatic carbocycles. The molecule has 1 aliphatic carbocycles. The predicted octanol–water partition coefficient (Wildman–Crippen LogP) is 5.04. The van der Waals surface area contributed by atoms with Crippen LogP contribution in [0.25, 0.3) is 0 Å². The van der Waals surface area contributed by atoms with E-state index in [9.17, 15) is 9.59 Å². The number of methoxy groups -OCH3 is 2. The minimum Gasteiger partial charge on any atom is -0.546 e. The van der Waals surface area contributed by atoms with Gasteiger partial charge in [0, 0.05) is 16.1 Å². The van der Waals surface area contributed by atoms with Crippen LogP contribution in [0.2, 0.25) is 18.1 Å². The number of thioether (sulfide) groups is 1. The molecule has 1 saturated heterocycles. The standard InChI is InChI=1S/C24H34O6SSi/c1-23(2,3)32(7,8)30-19-13-18(31-16-11-9-15(27-5)10-12-16)20(21(25)28-6)17-14-29-22(26)24(17,19)4/h9-13,17-18,20H,14H2,1-8H3/t17-,18+,20-,24-/m1/s1. The lowest BCUT2D eigenvalue weighted by Crippen LogP contribution is -2.51. The summed E-state index contributed by atoms with van der Waals surface area (Å²) in [7, 11) is 0.775. The highest BCUT2D eigenvalue weighted by atomic mass is 32.2. The third kappa shape index (κ3) is 4.31. The van der Waals surface area contributed by atoms with Crippen molar-refractivity contribution in [2.45, 2.75) is 56.0 Å². The molecule has 0 saturated carbocycles. The monoisotopic (exact) mass is 478 g/mol. The van der Waals surface area contributed by atoms with Crippen molar-refractivity contribution < 1.29 is 28.2 Å². The molecule has 1 fully saturated rings. The van der Waals surface area contributed by atoms with E-state index in [0.717, 1.165) is 10.6 Å². The zero-order valence-corrected chi connectivity index (χ0v) is 22.0. The molecule has 0 spiro atoms. The number of hydrogen-bond acceptors (Lipinski definition) is 7. The van der Waals surface area contributed by atoms with E-state index in [-0.39, 0.29) is 34.8 Å². The highest BCUT2D eigenvalue weighted by molar-refractivity contribution is 8.00. The molecule has 32 heavy (non-hydrogen) atoms. The Balaban J connectivity index is 2.07. The largest absolute Gasteiger partial charge is 0.546 e. The first-order valence-corrected chi connectivity index (χ1v) is 14.6. The number of cyclic esters (lactones) is 1. The van der Waals surface area contributed by atoms with Crippen LogP contribution in [0.1, 0.15) is 27.7 Å². The SMILES string of the molecule is COC(=O)[C@H]1[C@@H](Sc2ccc(OC)cc2)C=C(O[Si](C)(C)C(C)(C)C)[C@]2(C)C(=O)OC[C@H]12. The topological polar surface area (TPSA) is 71.1 Å². The van der Waals surface area contributed by atoms with E-state index in [2.05, 4.69) is 33.9 Å². The average Bonchev–Trinajstić information content (AvgIpc) is 3.03. The fourth-order valence-electron chi connectivity index (χ4n) is 3.96. The lowest BCUT2D eigenvalue weighted by molar-refractivity contribution is -0.149. The number of benzene rings is 1. The maximum Gasteiger partial charge on any atom is 0.319 e. The van der Waals surface area contributed by atoms with Crippen LogP contribution in [0.5, 0.6) is 5.75 Å². The second-order valence-electron chi connectivity index (χ2n) is 10.1. The van der Waals surface area contributed by atoms with Crippen molar-refractivity contribution in [2.75, 3.05) is 20.8 Å². The highest BCUT2D eigenvalue weighted by Gasteiger charge is 2.62. The molecular formula is C24H34O6SSi. The van der Waals surface area contributed by atoms with Crippen LogP contribution in [0.3, 0.4) is 0 Å². The van der Waals surface area contributed by atoms with Gasteiger partial charge in [-0.1, -0.05) is 20.8 Å². The summed E-state index contributed by atoms with van der Waals surface area (Å²) in [6, 6.07) is 7.71. The third-order valence-corrected chi connectivity index (χ3v) is 12.7. The fraction of sp³-hybridized carbons (Fsp3) is 0.583. The van der Waals surface area contributed by atoms with E-state index in [1.165, 1.54) is 7.11 Å². The van der Waals surface area contributed by atoms with Crippen LogP contribution >= 0.6 is 11.8 Å². The Bertz CT molecular complexity index is 904. The van der Waals surface area contributed by atoms with Gasteiger partial charge in [-0.15, -0.1) is 11.8 Å². The van der Waals surface area contributed by atoms with E-state index in [0.29, 0.717) is 5.76 Å². The van der Waals surface area contributed by atoms with E-state index in [4.69, 9.17) is 18.6 Å². The molecule has 0 amide bonds. The minimum atomic E-state index is -2.24. The van der Waals surface area contributed by atoms with Crippen LogP contribution < -0.4 is 4.74 Å². The zero-order valence-electron chi connectivity index (χ0n) is 20.2. The molecule has 0 unspecified atom stereocenters. The Hall–Kier alpha value is -1.93. The van der Waals surface area contributed by atoms with Gasteiger partial charge in [0.1, 0.15) is 11.2 Å². The van der Waals surface area contributed by atoms with Gasteiger partial charge in [-0.05, 0) is 55.4 Å². The molecule has 6 nitrogen and oxygen atoms in total. The summed E-state index contributed by atoms with van der Waals surface area (Å²) in [5.74, 6) is -0.175. The smallest absolute Gasteiger partial charge is 0.319 e. The van der Waals surface area contributed by atoms with Gasteiger partial charge in [-0.25, -0.2) is 0 Å². The molecular weight excluding hydrogens is 444 g/mol. The molecule has 4 atom stereocenters. The molecule has 3 rings (SSSR count). The lowest BCUT2D eigenvalue weighted by atomic mass is 9.66. The van der Waals surface area contributed by atoms with Crippen molar-refractivity contribution in [3.63, 3.8) is 0 Å². The van der Waals surface area contributed by atoms with Gasteiger partial charge >= 0.3 is 11.9 Å². The number of carbonyl (C=O) groups excluding carboxylic acids is 2. The molecule has 0 aromatic heterocycles. The van der Waals surface area contributed by atoms with Crippen LogP contribution in [-0.4, -0.2) is 46.3 Å². The predicted molar refractivity (Wildman–Crippen MR) is 127 cm³/mol. The first kappa shape index (κ1) is 24.7. The fourth-order valence-corrected chi connectivity index (χ4v) is 6.34. The lowest BCUT2D eigenvalue weighted by Gasteiger charge is -2.45. The Morgan fingerprint density at radius 2 is 1.81 bits per heavy atom. The first-order valence-electron chi connectivity index (χ1n) is 10.8. The van der Waals surface area contributed by atoms with Gasteiger partial charge in [0.2, 0.25) is 8.32 Å². The van der Waals surface area contributed by atoms with Crippen molar-refractivity contribution in [2.24, 2.45) is 17.3 Å². The van der Waals surface area contributed by atoms with E-state index >= 15 is 0 Å². The quantitative estimate of drug-likeness (QED) is 0.419. The number of fused-ring (bicyclic) bond motifs is 1. The number of esters is 2. The van der Waals surface area contributed by atoms with Crippen molar-refractivity contribution in [1.29, 1.82) is 0 Å². The second kappa shape index (κ2) is 8.78. The van der Waals surface area contributed by atoms with Crippen LogP contribution in [0, 0.1) is 17.3 Å². The summed E-state index contributed by atoms with van der Waals surface area (Å²) >= 11 is 1.56. The van der Waals surface area contributed by atoms with Crippen LogP contribution in [0.4, 0.5) is 0 Å². The Kier molecular flexibility index (Phi) is 6.78. The summed E-state index contributed by atoms with van der Waals surface area (Å²) in [6.07, 6.45) is 1.96. The van der Waals surface area contributed by atoms with Crippen molar-refractivity contribution in [1.82, 2.24) is 0 Å². The third-order valence-electron chi connectivity index (χ3n) is 7.15. The van der Waals surface area contributed by atoms with Gasteiger partial charge in [-0.2, -0.15) is 0 Å². The molecule has 8 heteroatoms. The maximum atomic E-state index is 13.0. The Labute approximate surface area is 196 Å². The summed E-state index contributed by atoms with van der Waals surface area (Å²) in [5.41, 5.74) is -1.01. The highest BCUT2D eigenvalue weighted by Crippen LogP contribution is 2.55. The maximum absolute atomic E-state index is 13.0. The Morgan fingerprint density at radius 1 is 1.19 bits per heavy atom. The molecule has 176 valence electrons. The van der Waals surface area contributed by atoms with Gasteiger partial charge in [0.25, 0.3) is 0 Å². The Morgan fingerprint density at radius 3 is 2.34 bits per heavy atom. The van der Waals surface area contributed by atoms with E-state index < -0.39 is 19.7 Å². The second-order valence-corrected chi connectivity index (χ2v) is 16.1. The first-order chi connectivity index (χ1) is 14.8. The normalized spacial score (nSPS) is 27.8. The van der Waals surface area contributed by atoms with Gasteiger partial charge in [0.15, 0.2) is 0 Å². The average molecular weight is 479 g/mol. The number of hydrogen-bond donors (Lipinski definition) is 0. The zero-order chi connectivity index (χ0) is 23.9. The van der Waals surface area contributed by atoms with Gasteiger partial charge in [0.05, 0.1) is 32.5 Å². The number of ether oxygens (including phenoxy) is 3. The summed E-state index contributed by atoms with van der Waals surface area (Å²) in [4.78, 5) is 26.9. The van der Waals surface area contributed by atoms with E-state index in [1.54, 1.807) is 18.9 Å². The molecule has 2 aliphatic rings. The van der Waals surface area contributed by atoms with Crippen LogP contribution in [-0.2, 0) is 23.5 Å². The molecule has 1 aliphatic heterocycles. The molecule has 1 heterocycles. The molecule has 0 N–H and O–H groups in total. The summed E-state index contributed by atoms with van der Waals surface area (Å²) in [5, 5.41) is -0.303. The summed E-state index contributed by atoms with van der Waals surface area (Å²) in [6.45, 7) is 12.8. The molecule has 1 aromatic rings.